The van der Waals surface area contributed by atoms with E-state index < -0.39 is 0 Å². The SMILES string of the molecule is C=CCc1cnc2cc(-c3ccc(C=CCCCC(C)OCCCCC)cc3)ccc2n1. The molecule has 0 saturated heterocycles. The molecule has 3 nitrogen and oxygen atoms in total. The second kappa shape index (κ2) is 12.9. The molecule has 2 aromatic carbocycles. The first-order valence-corrected chi connectivity index (χ1v) is 11.9. The Hall–Kier alpha value is -2.78. The second-order valence-corrected chi connectivity index (χ2v) is 8.40. The Morgan fingerprint density at radius 2 is 1.81 bits per heavy atom. The number of aromatic nitrogens is 2. The van der Waals surface area contributed by atoms with E-state index in [4.69, 9.17) is 4.74 Å². The van der Waals surface area contributed by atoms with Crippen molar-refractivity contribution in [1.29, 1.82) is 0 Å². The highest BCUT2D eigenvalue weighted by molar-refractivity contribution is 5.81. The maximum atomic E-state index is 5.87. The summed E-state index contributed by atoms with van der Waals surface area (Å²) in [6, 6.07) is 15.0. The Bertz CT molecular complexity index is 1010. The van der Waals surface area contributed by atoms with Gasteiger partial charge in [0.2, 0.25) is 0 Å². The lowest BCUT2D eigenvalue weighted by Crippen LogP contribution is -2.08. The van der Waals surface area contributed by atoms with Crippen molar-refractivity contribution in [3.8, 4) is 11.1 Å². The number of allylic oxidation sites excluding steroid dienone is 2. The van der Waals surface area contributed by atoms with Gasteiger partial charge in [-0.3, -0.25) is 4.98 Å². The minimum atomic E-state index is 0.361. The molecule has 168 valence electrons. The predicted octanol–water partition coefficient (Wildman–Crippen LogP) is 7.80. The van der Waals surface area contributed by atoms with Gasteiger partial charge in [-0.25, -0.2) is 4.98 Å². The van der Waals surface area contributed by atoms with Crippen LogP contribution in [0.1, 0.15) is 63.6 Å². The van der Waals surface area contributed by atoms with Gasteiger partial charge >= 0.3 is 0 Å². The van der Waals surface area contributed by atoms with E-state index in [-0.39, 0.29) is 0 Å². The number of ether oxygens (including phenoxy) is 1. The molecule has 0 bridgehead atoms. The average Bonchev–Trinajstić information content (AvgIpc) is 2.82. The van der Waals surface area contributed by atoms with Crippen LogP contribution in [0, 0.1) is 0 Å². The summed E-state index contributed by atoms with van der Waals surface area (Å²) in [7, 11) is 0. The molecule has 0 aliphatic rings. The molecule has 0 radical (unpaired) electrons. The maximum Gasteiger partial charge on any atom is 0.0893 e. The first-order valence-electron chi connectivity index (χ1n) is 11.9. The molecule has 0 aliphatic carbocycles. The molecule has 0 aliphatic heterocycles. The molecule has 1 heterocycles. The predicted molar refractivity (Wildman–Crippen MR) is 137 cm³/mol. The largest absolute Gasteiger partial charge is 0.379 e. The van der Waals surface area contributed by atoms with Gasteiger partial charge in [-0.2, -0.15) is 0 Å². The Morgan fingerprint density at radius 1 is 1.00 bits per heavy atom. The average molecular weight is 429 g/mol. The Balaban J connectivity index is 1.49. The highest BCUT2D eigenvalue weighted by Gasteiger charge is 2.04. The molecule has 3 aromatic rings. The molecule has 1 atom stereocenters. The summed E-state index contributed by atoms with van der Waals surface area (Å²) in [5.41, 5.74) is 6.37. The molecule has 0 N–H and O–H groups in total. The van der Waals surface area contributed by atoms with Crippen LogP contribution in [0.2, 0.25) is 0 Å². The van der Waals surface area contributed by atoms with E-state index >= 15 is 0 Å². The number of benzene rings is 2. The standard InChI is InChI=1S/C29H36N2O/c1-4-6-10-20-32-23(3)12-8-7-9-13-24-14-16-25(17-15-24)26-18-19-28-29(21-26)30-22-27(31-28)11-5-2/h5,9,13-19,21-23H,2,4,6-8,10-12,20H2,1,3H3. The van der Waals surface area contributed by atoms with Crippen LogP contribution >= 0.6 is 0 Å². The molecule has 1 unspecified atom stereocenters. The van der Waals surface area contributed by atoms with Crippen molar-refractivity contribution in [3.05, 3.63) is 78.6 Å². The third kappa shape index (κ3) is 7.42. The summed E-state index contributed by atoms with van der Waals surface area (Å²) in [6.07, 6.45) is 16.3. The maximum absolute atomic E-state index is 5.87. The van der Waals surface area contributed by atoms with Gasteiger partial charge in [0.25, 0.3) is 0 Å². The van der Waals surface area contributed by atoms with E-state index in [1.807, 2.05) is 18.3 Å². The molecule has 32 heavy (non-hydrogen) atoms. The number of hydrogen-bond donors (Lipinski definition) is 0. The van der Waals surface area contributed by atoms with Crippen LogP contribution in [0.4, 0.5) is 0 Å². The van der Waals surface area contributed by atoms with E-state index in [1.165, 1.54) is 30.4 Å². The molecule has 3 rings (SSSR count). The molecular weight excluding hydrogens is 392 g/mol. The molecule has 0 fully saturated rings. The van der Waals surface area contributed by atoms with Crippen molar-refractivity contribution >= 4 is 17.1 Å². The van der Waals surface area contributed by atoms with Crippen molar-refractivity contribution < 1.29 is 4.74 Å². The van der Waals surface area contributed by atoms with Gasteiger partial charge in [0, 0.05) is 19.2 Å². The fourth-order valence-corrected chi connectivity index (χ4v) is 3.72. The third-order valence-electron chi connectivity index (χ3n) is 5.63. The monoisotopic (exact) mass is 428 g/mol. The van der Waals surface area contributed by atoms with Crippen molar-refractivity contribution in [1.82, 2.24) is 9.97 Å². The minimum Gasteiger partial charge on any atom is -0.379 e. The summed E-state index contributed by atoms with van der Waals surface area (Å²) in [6.45, 7) is 9.08. The van der Waals surface area contributed by atoms with Gasteiger partial charge in [0.15, 0.2) is 0 Å². The Kier molecular flexibility index (Phi) is 9.64. The number of rotatable bonds is 13. The zero-order valence-electron chi connectivity index (χ0n) is 19.6. The smallest absolute Gasteiger partial charge is 0.0893 e. The molecule has 1 aromatic heterocycles. The third-order valence-corrected chi connectivity index (χ3v) is 5.63. The zero-order valence-corrected chi connectivity index (χ0v) is 19.6. The van der Waals surface area contributed by atoms with Crippen molar-refractivity contribution in [3.63, 3.8) is 0 Å². The molecule has 0 spiro atoms. The van der Waals surface area contributed by atoms with Gasteiger partial charge in [0.1, 0.15) is 0 Å². The van der Waals surface area contributed by atoms with Gasteiger partial charge in [-0.05, 0) is 61.4 Å². The van der Waals surface area contributed by atoms with Crippen molar-refractivity contribution in [2.75, 3.05) is 6.61 Å². The topological polar surface area (TPSA) is 35.0 Å². The van der Waals surface area contributed by atoms with Crippen LogP contribution in [0.3, 0.4) is 0 Å². The van der Waals surface area contributed by atoms with Crippen LogP contribution in [0.5, 0.6) is 0 Å². The summed E-state index contributed by atoms with van der Waals surface area (Å²) in [5.74, 6) is 0. The van der Waals surface area contributed by atoms with Gasteiger partial charge < -0.3 is 4.74 Å². The van der Waals surface area contributed by atoms with Crippen LogP contribution < -0.4 is 0 Å². The second-order valence-electron chi connectivity index (χ2n) is 8.40. The van der Waals surface area contributed by atoms with E-state index in [1.54, 1.807) is 0 Å². The Labute approximate surface area is 193 Å². The quantitative estimate of drug-likeness (QED) is 0.206. The first-order chi connectivity index (χ1) is 15.7. The number of fused-ring (bicyclic) bond motifs is 1. The zero-order chi connectivity index (χ0) is 22.6. The van der Waals surface area contributed by atoms with Gasteiger partial charge in [-0.15, -0.1) is 6.58 Å². The van der Waals surface area contributed by atoms with Crippen LogP contribution in [-0.2, 0) is 11.2 Å². The van der Waals surface area contributed by atoms with Crippen molar-refractivity contribution in [2.24, 2.45) is 0 Å². The highest BCUT2D eigenvalue weighted by Crippen LogP contribution is 2.24. The fraction of sp³-hybridized carbons (Fsp3) is 0.379. The lowest BCUT2D eigenvalue weighted by molar-refractivity contribution is 0.0566. The minimum absolute atomic E-state index is 0.361. The summed E-state index contributed by atoms with van der Waals surface area (Å²) in [5, 5.41) is 0. The summed E-state index contributed by atoms with van der Waals surface area (Å²) >= 11 is 0. The fourth-order valence-electron chi connectivity index (χ4n) is 3.72. The van der Waals surface area contributed by atoms with Gasteiger partial charge in [0.05, 0.1) is 22.8 Å². The molecule has 0 saturated carbocycles. The number of nitrogens with zero attached hydrogens (tertiary/aromatic N) is 2. The first kappa shape index (κ1) is 23.9. The summed E-state index contributed by atoms with van der Waals surface area (Å²) < 4.78 is 5.87. The lowest BCUT2D eigenvalue weighted by Gasteiger charge is -2.12. The van der Waals surface area contributed by atoms with E-state index in [9.17, 15) is 0 Å². The van der Waals surface area contributed by atoms with Crippen LogP contribution in [0.25, 0.3) is 28.2 Å². The lowest BCUT2D eigenvalue weighted by atomic mass is 10.0. The van der Waals surface area contributed by atoms with E-state index in [2.05, 4.69) is 78.9 Å². The van der Waals surface area contributed by atoms with E-state index in [0.717, 1.165) is 54.6 Å². The Morgan fingerprint density at radius 3 is 2.59 bits per heavy atom. The normalized spacial score (nSPS) is 12.4. The van der Waals surface area contributed by atoms with Crippen LogP contribution in [-0.4, -0.2) is 22.7 Å². The van der Waals surface area contributed by atoms with Crippen LogP contribution in [0.15, 0.2) is 67.4 Å². The molecule has 0 amide bonds. The highest BCUT2D eigenvalue weighted by atomic mass is 16.5. The summed E-state index contributed by atoms with van der Waals surface area (Å²) in [4.78, 5) is 9.21. The van der Waals surface area contributed by atoms with E-state index in [0.29, 0.717) is 6.10 Å². The number of unbranched alkanes of at least 4 members (excludes halogenated alkanes) is 3. The number of hydrogen-bond acceptors (Lipinski definition) is 3. The molecular formula is C29H36N2O. The molecule has 3 heteroatoms. The van der Waals surface area contributed by atoms with Crippen molar-refractivity contribution in [2.45, 2.75) is 64.9 Å². The van der Waals surface area contributed by atoms with Gasteiger partial charge in [-0.1, -0.05) is 68.3 Å².